The number of carbonyl (C=O) groups is 1. The van der Waals surface area contributed by atoms with E-state index in [1.54, 1.807) is 16.9 Å². The highest BCUT2D eigenvalue weighted by molar-refractivity contribution is 5.86. The summed E-state index contributed by atoms with van der Waals surface area (Å²) in [5.41, 5.74) is 2.73. The number of benzene rings is 1. The lowest BCUT2D eigenvalue weighted by Crippen LogP contribution is -2.04. The topological polar surface area (TPSA) is 34.9 Å². The first kappa shape index (κ1) is 13.5. The van der Waals surface area contributed by atoms with Crippen molar-refractivity contribution >= 4 is 6.29 Å². The van der Waals surface area contributed by atoms with Gasteiger partial charge in [0.15, 0.2) is 6.29 Å². The lowest BCUT2D eigenvalue weighted by molar-refractivity contribution is 0.112. The molecular formula is C15H17FN2O. The molecule has 0 aliphatic heterocycles. The summed E-state index contributed by atoms with van der Waals surface area (Å²) in [5, 5.41) is 4.48. The molecule has 0 N–H and O–H groups in total. The fourth-order valence-electron chi connectivity index (χ4n) is 2.01. The fraction of sp³-hybridized carbons (Fsp3) is 0.333. The maximum Gasteiger partial charge on any atom is 0.153 e. The number of hydrogen-bond acceptors (Lipinski definition) is 2. The number of carbonyl (C=O) groups excluding carboxylic acids is 1. The first-order valence-electron chi connectivity index (χ1n) is 6.37. The van der Waals surface area contributed by atoms with Gasteiger partial charge in [0.05, 0.1) is 5.56 Å². The van der Waals surface area contributed by atoms with Gasteiger partial charge in [-0.15, -0.1) is 0 Å². The number of aryl methyl sites for hydroxylation is 1. The molecule has 1 atom stereocenters. The summed E-state index contributed by atoms with van der Waals surface area (Å²) in [6.45, 7) is 5.92. The molecule has 1 aromatic heterocycles. The Morgan fingerprint density at radius 1 is 1.47 bits per heavy atom. The van der Waals surface area contributed by atoms with Crippen molar-refractivity contribution < 1.29 is 9.18 Å². The first-order valence-corrected chi connectivity index (χ1v) is 6.37. The minimum Gasteiger partial charge on any atom is -0.298 e. The Kier molecular flexibility index (Phi) is 3.79. The maximum absolute atomic E-state index is 13.1. The molecule has 0 aliphatic rings. The smallest absolute Gasteiger partial charge is 0.153 e. The molecule has 100 valence electrons. The number of hydrogen-bond donors (Lipinski definition) is 0. The molecule has 1 unspecified atom stereocenters. The summed E-state index contributed by atoms with van der Waals surface area (Å²) in [4.78, 5) is 11.2. The van der Waals surface area contributed by atoms with Crippen LogP contribution in [0.5, 0.6) is 0 Å². The van der Waals surface area contributed by atoms with Gasteiger partial charge in [-0.25, -0.2) is 4.39 Å². The lowest BCUT2D eigenvalue weighted by Gasteiger charge is -2.08. The molecule has 0 amide bonds. The van der Waals surface area contributed by atoms with E-state index in [0.29, 0.717) is 11.3 Å². The van der Waals surface area contributed by atoms with Crippen molar-refractivity contribution in [1.29, 1.82) is 0 Å². The number of aromatic nitrogens is 2. The largest absolute Gasteiger partial charge is 0.298 e. The van der Waals surface area contributed by atoms with E-state index >= 15 is 0 Å². The van der Waals surface area contributed by atoms with Gasteiger partial charge < -0.3 is 0 Å². The van der Waals surface area contributed by atoms with Crippen LogP contribution < -0.4 is 0 Å². The SMILES string of the molecule is CCC(C)n1cc(C=O)c(-c2ccc(F)cc2C)n1. The summed E-state index contributed by atoms with van der Waals surface area (Å²) < 4.78 is 14.9. The highest BCUT2D eigenvalue weighted by Crippen LogP contribution is 2.26. The van der Waals surface area contributed by atoms with Crippen molar-refractivity contribution in [1.82, 2.24) is 9.78 Å². The van der Waals surface area contributed by atoms with Gasteiger partial charge in [0, 0.05) is 17.8 Å². The Hall–Kier alpha value is -1.97. The van der Waals surface area contributed by atoms with Gasteiger partial charge in [-0.05, 0) is 44.0 Å². The zero-order chi connectivity index (χ0) is 14.0. The second-order valence-electron chi connectivity index (χ2n) is 4.75. The molecule has 0 fully saturated rings. The summed E-state index contributed by atoms with van der Waals surface area (Å²) in [6.07, 6.45) is 3.48. The standard InChI is InChI=1S/C15H17FN2O/c1-4-11(3)18-8-12(9-19)15(17-18)14-6-5-13(16)7-10(14)2/h5-9,11H,4H2,1-3H3. The van der Waals surface area contributed by atoms with Gasteiger partial charge in [-0.1, -0.05) is 6.92 Å². The molecular weight excluding hydrogens is 243 g/mol. The van der Waals surface area contributed by atoms with E-state index in [4.69, 9.17) is 0 Å². The average Bonchev–Trinajstić information content (AvgIpc) is 2.81. The maximum atomic E-state index is 13.1. The number of aldehydes is 1. The van der Waals surface area contributed by atoms with Crippen LogP contribution in [0.25, 0.3) is 11.3 Å². The van der Waals surface area contributed by atoms with E-state index in [-0.39, 0.29) is 11.9 Å². The molecule has 0 aliphatic carbocycles. The van der Waals surface area contributed by atoms with Crippen molar-refractivity contribution in [3.8, 4) is 11.3 Å². The van der Waals surface area contributed by atoms with E-state index in [9.17, 15) is 9.18 Å². The van der Waals surface area contributed by atoms with Crippen LogP contribution in [0.4, 0.5) is 4.39 Å². The summed E-state index contributed by atoms with van der Waals surface area (Å²) >= 11 is 0. The summed E-state index contributed by atoms with van der Waals surface area (Å²) in [6, 6.07) is 4.74. The van der Waals surface area contributed by atoms with Crippen LogP contribution in [-0.4, -0.2) is 16.1 Å². The van der Waals surface area contributed by atoms with Gasteiger partial charge in [0.25, 0.3) is 0 Å². The zero-order valence-electron chi connectivity index (χ0n) is 11.4. The van der Waals surface area contributed by atoms with Crippen LogP contribution in [0.1, 0.15) is 42.2 Å². The Morgan fingerprint density at radius 3 is 2.79 bits per heavy atom. The Labute approximate surface area is 112 Å². The molecule has 2 rings (SSSR count). The van der Waals surface area contributed by atoms with Crippen LogP contribution in [0.15, 0.2) is 24.4 Å². The van der Waals surface area contributed by atoms with Gasteiger partial charge >= 0.3 is 0 Å². The Bertz CT molecular complexity index is 604. The predicted octanol–water partition coefficient (Wildman–Crippen LogP) is 3.78. The van der Waals surface area contributed by atoms with Crippen LogP contribution in [0, 0.1) is 12.7 Å². The quantitative estimate of drug-likeness (QED) is 0.784. The molecule has 2 aromatic rings. The third-order valence-corrected chi connectivity index (χ3v) is 3.37. The van der Waals surface area contributed by atoms with E-state index in [2.05, 4.69) is 12.0 Å². The normalized spacial score (nSPS) is 12.4. The molecule has 19 heavy (non-hydrogen) atoms. The van der Waals surface area contributed by atoms with Gasteiger partial charge in [0.1, 0.15) is 11.5 Å². The minimum atomic E-state index is -0.282. The summed E-state index contributed by atoms with van der Waals surface area (Å²) in [5.74, 6) is -0.282. The molecule has 0 bridgehead atoms. The molecule has 0 radical (unpaired) electrons. The van der Waals surface area contributed by atoms with Crippen LogP contribution in [0.3, 0.4) is 0 Å². The van der Waals surface area contributed by atoms with E-state index in [0.717, 1.165) is 23.8 Å². The van der Waals surface area contributed by atoms with Crippen molar-refractivity contribution in [2.24, 2.45) is 0 Å². The van der Waals surface area contributed by atoms with Crippen LogP contribution >= 0.6 is 0 Å². The van der Waals surface area contributed by atoms with Crippen molar-refractivity contribution in [2.45, 2.75) is 33.2 Å². The molecule has 0 saturated heterocycles. The fourth-order valence-corrected chi connectivity index (χ4v) is 2.01. The molecule has 1 heterocycles. The Balaban J connectivity index is 2.54. The third-order valence-electron chi connectivity index (χ3n) is 3.37. The number of nitrogens with zero attached hydrogens (tertiary/aromatic N) is 2. The highest BCUT2D eigenvalue weighted by atomic mass is 19.1. The van der Waals surface area contributed by atoms with Crippen LogP contribution in [0.2, 0.25) is 0 Å². The molecule has 4 heteroatoms. The van der Waals surface area contributed by atoms with E-state index < -0.39 is 0 Å². The average molecular weight is 260 g/mol. The summed E-state index contributed by atoms with van der Waals surface area (Å²) in [7, 11) is 0. The highest BCUT2D eigenvalue weighted by Gasteiger charge is 2.15. The molecule has 0 saturated carbocycles. The van der Waals surface area contributed by atoms with Gasteiger partial charge in [0.2, 0.25) is 0 Å². The second kappa shape index (κ2) is 5.34. The molecule has 0 spiro atoms. The minimum absolute atomic E-state index is 0.230. The van der Waals surface area contributed by atoms with Crippen molar-refractivity contribution in [3.05, 3.63) is 41.3 Å². The number of halogens is 1. The van der Waals surface area contributed by atoms with Crippen molar-refractivity contribution in [3.63, 3.8) is 0 Å². The van der Waals surface area contributed by atoms with Crippen LogP contribution in [-0.2, 0) is 0 Å². The zero-order valence-corrected chi connectivity index (χ0v) is 11.4. The molecule has 1 aromatic carbocycles. The second-order valence-corrected chi connectivity index (χ2v) is 4.75. The monoisotopic (exact) mass is 260 g/mol. The molecule has 3 nitrogen and oxygen atoms in total. The van der Waals surface area contributed by atoms with E-state index in [1.807, 2.05) is 13.8 Å². The predicted molar refractivity (Wildman–Crippen MR) is 72.7 cm³/mol. The Morgan fingerprint density at radius 2 is 2.21 bits per heavy atom. The van der Waals surface area contributed by atoms with Gasteiger partial charge in [-0.2, -0.15) is 5.10 Å². The van der Waals surface area contributed by atoms with Crippen molar-refractivity contribution in [2.75, 3.05) is 0 Å². The van der Waals surface area contributed by atoms with Gasteiger partial charge in [-0.3, -0.25) is 9.48 Å². The number of rotatable bonds is 4. The first-order chi connectivity index (χ1) is 9.06. The lowest BCUT2D eigenvalue weighted by atomic mass is 10.0. The van der Waals surface area contributed by atoms with E-state index in [1.165, 1.54) is 12.1 Å². The third kappa shape index (κ3) is 2.57.